The largest absolute Gasteiger partial charge is 0.541 e. The van der Waals surface area contributed by atoms with Crippen LogP contribution in [0.5, 0.6) is 34.5 Å². The molecule has 0 saturated heterocycles. The average molecular weight is 561 g/mol. The minimum Gasteiger partial charge on any atom is -0.541 e. The molecule has 0 aliphatic heterocycles. The number of rotatable bonds is 10. The van der Waals surface area contributed by atoms with Crippen molar-refractivity contribution in [2.45, 2.75) is 77.8 Å². The second-order valence-corrected chi connectivity index (χ2v) is 22.0. The minimum absolute atomic E-state index is 0.00200. The maximum Gasteiger partial charge on any atom is 0.250 e. The van der Waals surface area contributed by atoms with E-state index in [-0.39, 0.29) is 10.1 Å². The Hall–Kier alpha value is -2.59. The summed E-state index contributed by atoms with van der Waals surface area (Å²) in [6.45, 7) is 22.4. The van der Waals surface area contributed by atoms with Crippen molar-refractivity contribution < 1.29 is 27.8 Å². The van der Waals surface area contributed by atoms with Gasteiger partial charge in [-0.25, -0.2) is 0 Å². The topological polar surface area (TPSA) is 55.4 Å². The van der Waals surface area contributed by atoms with Gasteiger partial charge in [0.25, 0.3) is 16.6 Å². The van der Waals surface area contributed by atoms with Crippen molar-refractivity contribution in [1.29, 1.82) is 0 Å². The molecule has 0 saturated carbocycles. The van der Waals surface area contributed by atoms with E-state index in [1.807, 2.05) is 36.4 Å². The summed E-state index contributed by atoms with van der Waals surface area (Å²) in [6, 6.07) is 7.82. The lowest BCUT2D eigenvalue weighted by molar-refractivity contribution is 0.324. The molecule has 2 rings (SSSR count). The molecule has 38 heavy (non-hydrogen) atoms. The van der Waals surface area contributed by atoms with Crippen molar-refractivity contribution in [3.63, 3.8) is 0 Å². The molecular formula is C30H48O6Si2. The van der Waals surface area contributed by atoms with Crippen molar-refractivity contribution in [2.24, 2.45) is 0 Å². The van der Waals surface area contributed by atoms with Gasteiger partial charge in [0, 0.05) is 5.56 Å². The Kier molecular flexibility index (Phi) is 9.70. The summed E-state index contributed by atoms with van der Waals surface area (Å²) in [5.74, 6) is 3.83. The van der Waals surface area contributed by atoms with Gasteiger partial charge in [0.05, 0.1) is 28.4 Å². The monoisotopic (exact) mass is 560 g/mol. The molecule has 212 valence electrons. The highest BCUT2D eigenvalue weighted by Crippen LogP contribution is 2.49. The van der Waals surface area contributed by atoms with Crippen LogP contribution in [0.3, 0.4) is 0 Å². The Morgan fingerprint density at radius 2 is 1.00 bits per heavy atom. The van der Waals surface area contributed by atoms with Crippen LogP contribution in [-0.2, 0) is 0 Å². The molecule has 6 nitrogen and oxygen atoms in total. The number of hydrogen-bond donors (Lipinski definition) is 0. The maximum absolute atomic E-state index is 6.98. The number of methoxy groups -OCH3 is 4. The van der Waals surface area contributed by atoms with Crippen LogP contribution in [0.15, 0.2) is 24.3 Å². The Morgan fingerprint density at radius 3 is 1.39 bits per heavy atom. The Balaban J connectivity index is 2.77. The van der Waals surface area contributed by atoms with Gasteiger partial charge in [-0.1, -0.05) is 53.7 Å². The van der Waals surface area contributed by atoms with E-state index in [0.29, 0.717) is 28.7 Å². The van der Waals surface area contributed by atoms with E-state index in [1.54, 1.807) is 28.4 Å². The molecule has 0 unspecified atom stereocenters. The predicted molar refractivity (Wildman–Crippen MR) is 164 cm³/mol. The third-order valence-electron chi connectivity index (χ3n) is 7.80. The van der Waals surface area contributed by atoms with Gasteiger partial charge in [0.1, 0.15) is 0 Å². The van der Waals surface area contributed by atoms with E-state index in [4.69, 9.17) is 27.8 Å². The van der Waals surface area contributed by atoms with Crippen LogP contribution >= 0.6 is 0 Å². The number of ether oxygens (including phenoxy) is 4. The summed E-state index contributed by atoms with van der Waals surface area (Å²) in [4.78, 5) is 0. The molecule has 0 aliphatic rings. The molecule has 0 heterocycles. The average Bonchev–Trinajstić information content (AvgIpc) is 2.81. The van der Waals surface area contributed by atoms with E-state index in [1.165, 1.54) is 0 Å². The Morgan fingerprint density at radius 1 is 0.553 bits per heavy atom. The standard InChI is InChI=1S/C30H48O6Si2/c1-29(2,3)37(11,12)35-26-22(16-15-21-19-24(32-8)27(34-10)25(20-21)33-9)17-18-23(31-7)28(26)36-38(13,14)30(4,5)6/h15-20H,1-14H3/b16-15+. The smallest absolute Gasteiger partial charge is 0.250 e. The lowest BCUT2D eigenvalue weighted by atomic mass is 10.1. The van der Waals surface area contributed by atoms with E-state index in [9.17, 15) is 0 Å². The summed E-state index contributed by atoms with van der Waals surface area (Å²) in [5.41, 5.74) is 1.82. The first-order valence-electron chi connectivity index (χ1n) is 13.0. The Labute approximate surface area is 232 Å². The van der Waals surface area contributed by atoms with Gasteiger partial charge in [-0.05, 0) is 66.1 Å². The highest BCUT2D eigenvalue weighted by atomic mass is 28.4. The van der Waals surface area contributed by atoms with E-state index in [0.717, 1.165) is 16.9 Å². The summed E-state index contributed by atoms with van der Waals surface area (Å²) in [7, 11) is 2.07. The number of hydrogen-bond acceptors (Lipinski definition) is 6. The zero-order valence-corrected chi connectivity index (χ0v) is 27.9. The van der Waals surface area contributed by atoms with E-state index >= 15 is 0 Å². The first kappa shape index (κ1) is 31.6. The van der Waals surface area contributed by atoms with Crippen LogP contribution in [0.4, 0.5) is 0 Å². The molecule has 2 aromatic carbocycles. The molecule has 0 N–H and O–H groups in total. The second kappa shape index (κ2) is 11.7. The summed E-state index contributed by atoms with van der Waals surface area (Å²) in [5, 5.41) is 0.0102. The quantitative estimate of drug-likeness (QED) is 0.214. The maximum atomic E-state index is 6.98. The summed E-state index contributed by atoms with van der Waals surface area (Å²) < 4.78 is 36.3. The molecule has 2 aromatic rings. The first-order valence-corrected chi connectivity index (χ1v) is 18.8. The van der Waals surface area contributed by atoms with Gasteiger partial charge in [0.15, 0.2) is 28.7 Å². The molecule has 0 spiro atoms. The van der Waals surface area contributed by atoms with Crippen molar-refractivity contribution >= 4 is 28.8 Å². The summed E-state index contributed by atoms with van der Waals surface area (Å²) >= 11 is 0. The minimum atomic E-state index is -2.23. The molecule has 0 bridgehead atoms. The first-order chi connectivity index (χ1) is 17.4. The van der Waals surface area contributed by atoms with Gasteiger partial charge in [-0.15, -0.1) is 0 Å². The van der Waals surface area contributed by atoms with Gasteiger partial charge in [-0.2, -0.15) is 0 Å². The van der Waals surface area contributed by atoms with Gasteiger partial charge in [-0.3, -0.25) is 0 Å². The van der Waals surface area contributed by atoms with Gasteiger partial charge < -0.3 is 27.8 Å². The van der Waals surface area contributed by atoms with Crippen molar-refractivity contribution in [3.05, 3.63) is 35.4 Å². The molecule has 0 aliphatic carbocycles. The molecule has 8 heteroatoms. The summed E-state index contributed by atoms with van der Waals surface area (Å²) in [6.07, 6.45) is 4.06. The molecule has 0 amide bonds. The van der Waals surface area contributed by atoms with Crippen molar-refractivity contribution in [1.82, 2.24) is 0 Å². The Bertz CT molecular complexity index is 1120. The van der Waals surface area contributed by atoms with Crippen LogP contribution in [0.25, 0.3) is 12.2 Å². The molecule has 0 atom stereocenters. The fraction of sp³-hybridized carbons (Fsp3) is 0.533. The second-order valence-electron chi connectivity index (χ2n) is 12.5. The number of benzene rings is 2. The third kappa shape index (κ3) is 6.88. The molecule has 0 aromatic heterocycles. The van der Waals surface area contributed by atoms with Gasteiger partial charge in [0.2, 0.25) is 5.75 Å². The third-order valence-corrected chi connectivity index (χ3v) is 16.4. The van der Waals surface area contributed by atoms with Crippen molar-refractivity contribution in [3.8, 4) is 34.5 Å². The molecule has 0 fully saturated rings. The van der Waals surface area contributed by atoms with Crippen LogP contribution < -0.4 is 27.8 Å². The highest BCUT2D eigenvalue weighted by Gasteiger charge is 2.43. The van der Waals surface area contributed by atoms with E-state index in [2.05, 4.69) is 67.7 Å². The van der Waals surface area contributed by atoms with Crippen LogP contribution in [0.1, 0.15) is 52.7 Å². The highest BCUT2D eigenvalue weighted by molar-refractivity contribution is 6.75. The predicted octanol–water partition coefficient (Wildman–Crippen LogP) is 8.66. The van der Waals surface area contributed by atoms with Crippen LogP contribution in [0.2, 0.25) is 36.3 Å². The van der Waals surface area contributed by atoms with Gasteiger partial charge >= 0.3 is 0 Å². The molecular weight excluding hydrogens is 512 g/mol. The fourth-order valence-corrected chi connectivity index (χ4v) is 5.29. The fourth-order valence-electron chi connectivity index (χ4n) is 3.25. The van der Waals surface area contributed by atoms with Crippen LogP contribution in [-0.4, -0.2) is 45.1 Å². The normalized spacial score (nSPS) is 12.9. The SMILES string of the molecule is COc1cc(/C=C/c2ccc(OC)c(O[Si](C)(C)C(C)(C)C)c2O[Si](C)(C)C(C)(C)C)cc(OC)c1OC. The lowest BCUT2D eigenvalue weighted by Gasteiger charge is -2.40. The van der Waals surface area contributed by atoms with E-state index < -0.39 is 16.6 Å². The lowest BCUT2D eigenvalue weighted by Crippen LogP contribution is -2.46. The zero-order chi connectivity index (χ0) is 29.1. The van der Waals surface area contributed by atoms with Crippen LogP contribution in [0, 0.1) is 0 Å². The molecule has 0 radical (unpaired) electrons. The zero-order valence-electron chi connectivity index (χ0n) is 25.9. The van der Waals surface area contributed by atoms with Crippen molar-refractivity contribution in [2.75, 3.05) is 28.4 Å².